The molecule has 1 aliphatic rings. The van der Waals surface area contributed by atoms with E-state index in [0.29, 0.717) is 12.2 Å². The van der Waals surface area contributed by atoms with Gasteiger partial charge in [-0.15, -0.1) is 0 Å². The molecule has 28 heavy (non-hydrogen) atoms. The number of hydrogen-bond acceptors (Lipinski definition) is 4. The van der Waals surface area contributed by atoms with Crippen LogP contribution in [0.2, 0.25) is 0 Å². The van der Waals surface area contributed by atoms with Crippen LogP contribution in [0.3, 0.4) is 0 Å². The number of fused-ring (bicyclic) bond motifs is 1. The van der Waals surface area contributed by atoms with Gasteiger partial charge in [0.05, 0.1) is 10.3 Å². The van der Waals surface area contributed by atoms with Crippen LogP contribution >= 0.6 is 0 Å². The van der Waals surface area contributed by atoms with Crippen molar-refractivity contribution < 1.29 is 14.6 Å². The summed E-state index contributed by atoms with van der Waals surface area (Å²) in [7, 11) is 4.00. The SMILES string of the molecule is CN(C)c1ccc(/C=C/C2=[N+](CCO)c3c([N+](=O)[O-])cccc3C2(C)C)cc1. The maximum atomic E-state index is 11.6. The lowest BCUT2D eigenvalue weighted by Crippen LogP contribution is -2.28. The van der Waals surface area contributed by atoms with Crippen molar-refractivity contribution in [2.75, 3.05) is 32.1 Å². The van der Waals surface area contributed by atoms with Crippen molar-refractivity contribution in [1.82, 2.24) is 0 Å². The fraction of sp³-hybridized carbons (Fsp3) is 0.318. The Hall–Kier alpha value is -2.99. The van der Waals surface area contributed by atoms with Crippen molar-refractivity contribution >= 4 is 28.8 Å². The number of nitro groups is 1. The van der Waals surface area contributed by atoms with Crippen molar-refractivity contribution in [3.63, 3.8) is 0 Å². The van der Waals surface area contributed by atoms with E-state index in [9.17, 15) is 15.2 Å². The third-order valence-electron chi connectivity index (χ3n) is 5.25. The molecule has 0 fully saturated rings. The molecule has 0 saturated carbocycles. The highest BCUT2D eigenvalue weighted by molar-refractivity contribution is 6.06. The van der Waals surface area contributed by atoms with Gasteiger partial charge in [-0.25, -0.2) is 0 Å². The average molecular weight is 380 g/mol. The molecule has 0 atom stereocenters. The molecule has 2 aromatic carbocycles. The van der Waals surface area contributed by atoms with E-state index in [-0.39, 0.29) is 17.2 Å². The first kappa shape index (κ1) is 19.8. The van der Waals surface area contributed by atoms with E-state index >= 15 is 0 Å². The number of benzene rings is 2. The second-order valence-corrected chi connectivity index (χ2v) is 7.64. The third-order valence-corrected chi connectivity index (χ3v) is 5.25. The molecule has 0 amide bonds. The molecule has 0 radical (unpaired) electrons. The van der Waals surface area contributed by atoms with Gasteiger partial charge in [-0.1, -0.05) is 24.3 Å². The number of nitro benzene ring substituents is 1. The zero-order valence-electron chi connectivity index (χ0n) is 16.7. The van der Waals surface area contributed by atoms with Gasteiger partial charge in [0.1, 0.15) is 6.61 Å². The zero-order valence-corrected chi connectivity index (χ0v) is 16.7. The third kappa shape index (κ3) is 3.43. The standard InChI is InChI=1S/C22H26N3O3/c1-22(2)18-6-5-7-19(25(27)28)21(18)24(14-15-26)20(22)13-10-16-8-11-17(12-9-16)23(3)4/h5-13,26H,14-15H2,1-4H3/q+1. The van der Waals surface area contributed by atoms with E-state index in [4.69, 9.17) is 0 Å². The molecule has 0 aromatic heterocycles. The molecule has 6 nitrogen and oxygen atoms in total. The Balaban J connectivity index is 2.08. The summed E-state index contributed by atoms with van der Waals surface area (Å²) in [5.74, 6) is 0. The number of β-amino-alcohol motifs (C(OH)–C–C–N with tert-alkyl or cyclic N) is 1. The second-order valence-electron chi connectivity index (χ2n) is 7.64. The smallest absolute Gasteiger partial charge is 0.340 e. The predicted molar refractivity (Wildman–Crippen MR) is 113 cm³/mol. The molecule has 6 heteroatoms. The second kappa shape index (κ2) is 7.56. The Labute approximate surface area is 165 Å². The summed E-state index contributed by atoms with van der Waals surface area (Å²) in [6, 6.07) is 13.4. The van der Waals surface area contributed by atoms with Crippen molar-refractivity contribution in [1.29, 1.82) is 0 Å². The molecular formula is C22H26N3O3+. The number of nitrogens with zero attached hydrogens (tertiary/aromatic N) is 3. The fourth-order valence-electron chi connectivity index (χ4n) is 3.75. The van der Waals surface area contributed by atoms with Crippen molar-refractivity contribution in [2.45, 2.75) is 19.3 Å². The highest BCUT2D eigenvalue weighted by Gasteiger charge is 2.48. The van der Waals surface area contributed by atoms with Crippen molar-refractivity contribution in [3.05, 3.63) is 69.8 Å². The summed E-state index contributed by atoms with van der Waals surface area (Å²) in [6.45, 7) is 4.33. The van der Waals surface area contributed by atoms with Gasteiger partial charge in [-0.3, -0.25) is 10.1 Å². The van der Waals surface area contributed by atoms with Gasteiger partial charge in [0.2, 0.25) is 0 Å². The van der Waals surface area contributed by atoms with Crippen LogP contribution in [-0.4, -0.2) is 47.6 Å². The largest absolute Gasteiger partial charge is 0.390 e. The molecule has 1 N–H and O–H groups in total. The molecule has 1 heterocycles. The lowest BCUT2D eigenvalue weighted by molar-refractivity contribution is -0.457. The molecule has 2 aromatic rings. The van der Waals surface area contributed by atoms with Crippen LogP contribution in [0, 0.1) is 10.1 Å². The Morgan fingerprint density at radius 3 is 2.39 bits per heavy atom. The van der Waals surface area contributed by atoms with E-state index in [2.05, 4.69) is 26.0 Å². The van der Waals surface area contributed by atoms with E-state index in [0.717, 1.165) is 22.5 Å². The summed E-state index contributed by atoms with van der Waals surface area (Å²) in [5.41, 5.74) is 4.24. The van der Waals surface area contributed by atoms with Gasteiger partial charge in [-0.05, 0) is 37.6 Å². The minimum atomic E-state index is -0.406. The quantitative estimate of drug-likeness (QED) is 0.471. The zero-order chi connectivity index (χ0) is 20.5. The van der Waals surface area contributed by atoms with Crippen LogP contribution in [0.5, 0.6) is 0 Å². The monoisotopic (exact) mass is 380 g/mol. The van der Waals surface area contributed by atoms with Crippen LogP contribution in [0.4, 0.5) is 17.1 Å². The Bertz CT molecular complexity index is 957. The van der Waals surface area contributed by atoms with Gasteiger partial charge < -0.3 is 10.0 Å². The summed E-state index contributed by atoms with van der Waals surface area (Å²) < 4.78 is 1.87. The molecule has 0 saturated heterocycles. The lowest BCUT2D eigenvalue weighted by Gasteiger charge is -2.15. The topological polar surface area (TPSA) is 69.6 Å². The van der Waals surface area contributed by atoms with E-state index in [1.807, 2.05) is 53.9 Å². The molecular weight excluding hydrogens is 354 g/mol. The summed E-state index contributed by atoms with van der Waals surface area (Å²) >= 11 is 0. The van der Waals surface area contributed by atoms with Gasteiger partial charge in [-0.2, -0.15) is 4.58 Å². The number of allylic oxidation sites excluding steroid dienone is 1. The highest BCUT2D eigenvalue weighted by atomic mass is 16.6. The molecule has 0 aliphatic carbocycles. The Morgan fingerprint density at radius 1 is 1.14 bits per heavy atom. The maximum Gasteiger partial charge on any atom is 0.340 e. The van der Waals surface area contributed by atoms with Crippen LogP contribution in [0.1, 0.15) is 25.0 Å². The van der Waals surface area contributed by atoms with Crippen molar-refractivity contribution in [2.24, 2.45) is 0 Å². The van der Waals surface area contributed by atoms with E-state index < -0.39 is 5.41 Å². The number of aliphatic hydroxyl groups excluding tert-OH is 1. The molecule has 146 valence electrons. The summed E-state index contributed by atoms with van der Waals surface area (Å²) in [4.78, 5) is 13.3. The first-order valence-electron chi connectivity index (χ1n) is 9.26. The van der Waals surface area contributed by atoms with Crippen molar-refractivity contribution in [3.8, 4) is 0 Å². The summed E-state index contributed by atoms with van der Waals surface area (Å²) in [5, 5.41) is 21.2. The summed E-state index contributed by atoms with van der Waals surface area (Å²) in [6.07, 6.45) is 4.02. The fourth-order valence-corrected chi connectivity index (χ4v) is 3.75. The lowest BCUT2D eigenvalue weighted by atomic mass is 9.81. The number of hydrogen-bond donors (Lipinski definition) is 1. The van der Waals surface area contributed by atoms with E-state index in [1.165, 1.54) is 6.07 Å². The van der Waals surface area contributed by atoms with E-state index in [1.54, 1.807) is 6.07 Å². The predicted octanol–water partition coefficient (Wildman–Crippen LogP) is 3.74. The maximum absolute atomic E-state index is 11.6. The molecule has 0 spiro atoms. The minimum absolute atomic E-state index is 0.0674. The highest BCUT2D eigenvalue weighted by Crippen LogP contribution is 2.44. The van der Waals surface area contributed by atoms with Crippen LogP contribution in [-0.2, 0) is 5.41 Å². The molecule has 1 aliphatic heterocycles. The minimum Gasteiger partial charge on any atom is -0.390 e. The normalized spacial score (nSPS) is 15.2. The number of aliphatic hydroxyl groups is 1. The number of rotatable bonds is 6. The van der Waals surface area contributed by atoms with Gasteiger partial charge in [0, 0.05) is 37.5 Å². The van der Waals surface area contributed by atoms with Crippen LogP contribution in [0.25, 0.3) is 6.08 Å². The first-order valence-corrected chi connectivity index (χ1v) is 9.26. The Kier molecular flexibility index (Phi) is 5.34. The van der Waals surface area contributed by atoms with Gasteiger partial charge in [0.15, 0.2) is 12.3 Å². The molecule has 3 rings (SSSR count). The van der Waals surface area contributed by atoms with Gasteiger partial charge >= 0.3 is 5.69 Å². The number of anilines is 1. The molecule has 0 bridgehead atoms. The number of para-hydroxylation sites is 1. The van der Waals surface area contributed by atoms with Gasteiger partial charge in [0.25, 0.3) is 5.69 Å². The average Bonchev–Trinajstić information content (AvgIpc) is 2.87. The first-order chi connectivity index (χ1) is 13.3. The molecule has 0 unspecified atom stereocenters. The van der Waals surface area contributed by atoms with Crippen LogP contribution in [0.15, 0.2) is 48.5 Å². The van der Waals surface area contributed by atoms with Crippen LogP contribution < -0.4 is 4.90 Å². The Morgan fingerprint density at radius 2 is 1.82 bits per heavy atom.